The van der Waals surface area contributed by atoms with Crippen LogP contribution in [-0.2, 0) is 4.79 Å². The Balaban J connectivity index is 2.32. The van der Waals surface area contributed by atoms with Crippen molar-refractivity contribution in [1.29, 1.82) is 0 Å². The minimum atomic E-state index is -1.21. The zero-order valence-electron chi connectivity index (χ0n) is 11.8. The molecule has 0 radical (unpaired) electrons. The molecular weight excluding hydrogens is 280 g/mol. The molecule has 1 amide bonds. The van der Waals surface area contributed by atoms with Crippen LogP contribution in [0.2, 0.25) is 0 Å². The fourth-order valence-electron chi connectivity index (χ4n) is 2.74. The Bertz CT molecular complexity index is 610. The molecule has 1 saturated carbocycles. The van der Waals surface area contributed by atoms with Crippen LogP contribution in [0.1, 0.15) is 25.3 Å². The summed E-state index contributed by atoms with van der Waals surface area (Å²) in [6, 6.07) is 2.36. The molecule has 0 saturated heterocycles. The van der Waals surface area contributed by atoms with Crippen molar-refractivity contribution in [2.75, 3.05) is 5.32 Å². The maximum atomic E-state index is 13.9. The van der Waals surface area contributed by atoms with Gasteiger partial charge in [0.2, 0.25) is 5.91 Å². The molecule has 21 heavy (non-hydrogen) atoms. The van der Waals surface area contributed by atoms with Gasteiger partial charge in [0, 0.05) is 0 Å². The molecule has 1 aromatic carbocycles. The lowest BCUT2D eigenvalue weighted by atomic mass is 9.61. The van der Waals surface area contributed by atoms with Crippen LogP contribution in [0.25, 0.3) is 0 Å². The Morgan fingerprint density at radius 3 is 2.62 bits per heavy atom. The SMILES string of the molecule is Cc1ccc(F)c(NC(=O)C2(/C(N)=N/O)CC(C)C2)c1F. The van der Waals surface area contributed by atoms with Crippen LogP contribution in [0.4, 0.5) is 14.5 Å². The lowest BCUT2D eigenvalue weighted by Gasteiger charge is -2.43. The van der Waals surface area contributed by atoms with Gasteiger partial charge >= 0.3 is 0 Å². The van der Waals surface area contributed by atoms with Crippen molar-refractivity contribution in [3.05, 3.63) is 29.3 Å². The Morgan fingerprint density at radius 2 is 2.10 bits per heavy atom. The molecule has 0 heterocycles. The van der Waals surface area contributed by atoms with Gasteiger partial charge < -0.3 is 16.3 Å². The fourth-order valence-corrected chi connectivity index (χ4v) is 2.74. The lowest BCUT2D eigenvalue weighted by Crippen LogP contribution is -2.54. The topological polar surface area (TPSA) is 87.7 Å². The number of nitrogens with one attached hydrogen (secondary N) is 1. The standard InChI is InChI=1S/C14H17F2N3O2/c1-7-5-14(6-7,12(17)19-21)13(20)18-11-9(15)4-3-8(2)10(11)16/h3-4,7,21H,5-6H2,1-2H3,(H2,17,19)(H,18,20). The second-order valence-corrected chi connectivity index (χ2v) is 5.59. The molecule has 5 nitrogen and oxygen atoms in total. The predicted molar refractivity (Wildman–Crippen MR) is 74.0 cm³/mol. The summed E-state index contributed by atoms with van der Waals surface area (Å²) in [5.41, 5.74) is 4.08. The second kappa shape index (κ2) is 5.31. The molecule has 0 spiro atoms. The van der Waals surface area contributed by atoms with Crippen molar-refractivity contribution < 1.29 is 18.8 Å². The van der Waals surface area contributed by atoms with E-state index in [1.807, 2.05) is 6.92 Å². The summed E-state index contributed by atoms with van der Waals surface area (Å²) in [6.07, 6.45) is 0.730. The minimum Gasteiger partial charge on any atom is -0.409 e. The first-order valence-corrected chi connectivity index (χ1v) is 6.56. The first kappa shape index (κ1) is 15.2. The molecule has 0 atom stereocenters. The summed E-state index contributed by atoms with van der Waals surface area (Å²) in [6.45, 7) is 3.37. The minimum absolute atomic E-state index is 0.211. The van der Waals surface area contributed by atoms with Crippen LogP contribution in [0.3, 0.4) is 0 Å². The van der Waals surface area contributed by atoms with Crippen molar-refractivity contribution in [2.45, 2.75) is 26.7 Å². The molecule has 114 valence electrons. The number of amides is 1. The molecule has 0 bridgehead atoms. The lowest BCUT2D eigenvalue weighted by molar-refractivity contribution is -0.127. The van der Waals surface area contributed by atoms with Crippen LogP contribution in [0, 0.1) is 29.9 Å². The van der Waals surface area contributed by atoms with Crippen molar-refractivity contribution in [1.82, 2.24) is 0 Å². The number of nitrogens with two attached hydrogens (primary N) is 1. The zero-order valence-corrected chi connectivity index (χ0v) is 11.8. The number of aryl methyl sites for hydroxylation is 1. The molecule has 4 N–H and O–H groups in total. The van der Waals surface area contributed by atoms with Crippen LogP contribution >= 0.6 is 0 Å². The highest BCUT2D eigenvalue weighted by Gasteiger charge is 2.52. The molecule has 7 heteroatoms. The Hall–Kier alpha value is -2.18. The number of rotatable bonds is 3. The van der Waals surface area contributed by atoms with Crippen LogP contribution in [0.5, 0.6) is 0 Å². The highest BCUT2D eigenvalue weighted by Crippen LogP contribution is 2.46. The van der Waals surface area contributed by atoms with Gasteiger partial charge in [0.25, 0.3) is 0 Å². The van der Waals surface area contributed by atoms with E-state index >= 15 is 0 Å². The van der Waals surface area contributed by atoms with E-state index in [0.717, 1.165) is 6.07 Å². The molecule has 1 aliphatic carbocycles. The first-order chi connectivity index (χ1) is 9.81. The van der Waals surface area contributed by atoms with Gasteiger partial charge in [0.15, 0.2) is 11.7 Å². The number of anilines is 1. The molecule has 1 aliphatic rings. The van der Waals surface area contributed by atoms with Gasteiger partial charge in [-0.15, -0.1) is 0 Å². The normalized spacial score (nSPS) is 25.3. The van der Waals surface area contributed by atoms with Gasteiger partial charge in [0.05, 0.1) is 0 Å². The van der Waals surface area contributed by atoms with E-state index in [1.54, 1.807) is 0 Å². The number of hydrogen-bond acceptors (Lipinski definition) is 3. The summed E-state index contributed by atoms with van der Waals surface area (Å²) in [5.74, 6) is -2.40. The average molecular weight is 297 g/mol. The number of hydrogen-bond donors (Lipinski definition) is 3. The van der Waals surface area contributed by atoms with Gasteiger partial charge in [-0.3, -0.25) is 4.79 Å². The number of benzene rings is 1. The summed E-state index contributed by atoms with van der Waals surface area (Å²) < 4.78 is 27.6. The van der Waals surface area contributed by atoms with E-state index in [2.05, 4.69) is 10.5 Å². The van der Waals surface area contributed by atoms with Gasteiger partial charge in [-0.2, -0.15) is 0 Å². The number of amidine groups is 1. The number of oxime groups is 1. The number of carbonyl (C=O) groups is 1. The summed E-state index contributed by atoms with van der Waals surface area (Å²) in [7, 11) is 0. The number of carbonyl (C=O) groups excluding carboxylic acids is 1. The molecule has 0 aromatic heterocycles. The van der Waals surface area contributed by atoms with Crippen LogP contribution in [-0.4, -0.2) is 17.0 Å². The van der Waals surface area contributed by atoms with Crippen molar-refractivity contribution in [3.8, 4) is 0 Å². The van der Waals surface area contributed by atoms with Crippen molar-refractivity contribution in [3.63, 3.8) is 0 Å². The second-order valence-electron chi connectivity index (χ2n) is 5.59. The van der Waals surface area contributed by atoms with E-state index in [9.17, 15) is 13.6 Å². The van der Waals surface area contributed by atoms with E-state index < -0.39 is 28.6 Å². The molecule has 2 rings (SSSR count). The zero-order chi connectivity index (χ0) is 15.8. The maximum Gasteiger partial charge on any atom is 0.238 e. The van der Waals surface area contributed by atoms with Crippen molar-refractivity contribution in [2.24, 2.45) is 22.2 Å². The molecule has 1 aromatic rings. The highest BCUT2D eigenvalue weighted by molar-refractivity contribution is 6.12. The third kappa shape index (κ3) is 2.43. The Kier molecular flexibility index (Phi) is 3.85. The smallest absolute Gasteiger partial charge is 0.238 e. The summed E-state index contributed by atoms with van der Waals surface area (Å²) >= 11 is 0. The number of nitrogens with zero attached hydrogens (tertiary/aromatic N) is 1. The molecule has 0 aliphatic heterocycles. The predicted octanol–water partition coefficient (Wildman–Crippen LogP) is 2.37. The van der Waals surface area contributed by atoms with Crippen molar-refractivity contribution >= 4 is 17.4 Å². The summed E-state index contributed by atoms with van der Waals surface area (Å²) in [4.78, 5) is 12.4. The quantitative estimate of drug-likeness (QED) is 0.346. The fraction of sp³-hybridized carbons (Fsp3) is 0.429. The molecular formula is C14H17F2N3O2. The number of halogens is 2. The van der Waals surface area contributed by atoms with E-state index in [1.165, 1.54) is 13.0 Å². The Labute approximate surface area is 120 Å². The molecule has 1 fully saturated rings. The first-order valence-electron chi connectivity index (χ1n) is 6.56. The Morgan fingerprint density at radius 1 is 1.48 bits per heavy atom. The maximum absolute atomic E-state index is 13.9. The third-order valence-corrected chi connectivity index (χ3v) is 3.95. The van der Waals surface area contributed by atoms with Crippen LogP contribution < -0.4 is 11.1 Å². The monoisotopic (exact) mass is 297 g/mol. The summed E-state index contributed by atoms with van der Waals surface area (Å²) in [5, 5.41) is 14.0. The largest absolute Gasteiger partial charge is 0.409 e. The van der Waals surface area contributed by atoms with Gasteiger partial charge in [-0.25, -0.2) is 8.78 Å². The highest BCUT2D eigenvalue weighted by atomic mass is 19.1. The van der Waals surface area contributed by atoms with E-state index in [-0.39, 0.29) is 17.3 Å². The van der Waals surface area contributed by atoms with Gasteiger partial charge in [-0.1, -0.05) is 18.1 Å². The van der Waals surface area contributed by atoms with Crippen LogP contribution in [0.15, 0.2) is 17.3 Å². The third-order valence-electron chi connectivity index (χ3n) is 3.95. The average Bonchev–Trinajstić information content (AvgIpc) is 2.42. The molecule has 0 unspecified atom stereocenters. The van der Waals surface area contributed by atoms with Gasteiger partial charge in [0.1, 0.15) is 16.9 Å². The van der Waals surface area contributed by atoms with E-state index in [4.69, 9.17) is 10.9 Å². The van der Waals surface area contributed by atoms with Gasteiger partial charge in [-0.05, 0) is 37.3 Å². The van der Waals surface area contributed by atoms with E-state index in [0.29, 0.717) is 12.8 Å².